The van der Waals surface area contributed by atoms with Gasteiger partial charge in [0.2, 0.25) is 0 Å². The Morgan fingerprint density at radius 3 is 2.21 bits per heavy atom. The molecule has 0 unspecified atom stereocenters. The fraction of sp³-hybridized carbons (Fsp3) is 0.0870. The Kier molecular flexibility index (Phi) is 5.32. The number of nitrogens with one attached hydrogen (secondary N) is 1. The van der Waals surface area contributed by atoms with Crippen LogP contribution in [0, 0.1) is 6.92 Å². The highest BCUT2D eigenvalue weighted by Crippen LogP contribution is 2.34. The van der Waals surface area contributed by atoms with Gasteiger partial charge in [-0.2, -0.15) is 9.61 Å². The highest BCUT2D eigenvalue weighted by atomic mass is 35.5. The van der Waals surface area contributed by atoms with Crippen molar-refractivity contribution in [2.75, 3.05) is 0 Å². The Morgan fingerprint density at radius 1 is 0.909 bits per heavy atom. The number of benzene rings is 2. The molecule has 0 spiro atoms. The zero-order valence-electron chi connectivity index (χ0n) is 17.3. The van der Waals surface area contributed by atoms with Crippen molar-refractivity contribution in [2.24, 2.45) is 0 Å². The third-order valence-corrected chi connectivity index (χ3v) is 5.82. The monoisotopic (exact) mass is 478 g/mol. The molecule has 2 aromatic carbocycles. The molecule has 8 nitrogen and oxygen atoms in total. The molecular formula is C23H16Cl2N6O2. The van der Waals surface area contributed by atoms with E-state index < -0.39 is 11.4 Å². The maximum atomic E-state index is 13.1. The maximum absolute atomic E-state index is 13.1. The lowest BCUT2D eigenvalue weighted by Crippen LogP contribution is -2.25. The quantitative estimate of drug-likeness (QED) is 0.421. The molecule has 5 aromatic rings. The summed E-state index contributed by atoms with van der Waals surface area (Å²) >= 11 is 12.2. The van der Waals surface area contributed by atoms with E-state index in [2.05, 4.69) is 20.2 Å². The molecular weight excluding hydrogens is 463 g/mol. The normalized spacial score (nSPS) is 11.2. The van der Waals surface area contributed by atoms with Gasteiger partial charge < -0.3 is 4.98 Å². The van der Waals surface area contributed by atoms with Gasteiger partial charge >= 0.3 is 11.4 Å². The number of aryl methyl sites for hydroxylation is 1. The predicted octanol–water partition coefficient (Wildman–Crippen LogP) is 3.97. The molecule has 3 heterocycles. The number of nitrogens with zero attached hydrogens (tertiary/aromatic N) is 5. The lowest BCUT2D eigenvalue weighted by Gasteiger charge is -2.11. The van der Waals surface area contributed by atoms with E-state index in [4.69, 9.17) is 23.2 Å². The molecule has 10 heteroatoms. The van der Waals surface area contributed by atoms with Crippen LogP contribution < -0.4 is 11.4 Å². The van der Waals surface area contributed by atoms with Crippen LogP contribution in [0.5, 0.6) is 0 Å². The first-order valence-corrected chi connectivity index (χ1v) is 10.7. The molecule has 0 fully saturated rings. The molecule has 0 radical (unpaired) electrons. The Balaban J connectivity index is 1.75. The van der Waals surface area contributed by atoms with Gasteiger partial charge in [-0.05, 0) is 47.9 Å². The lowest BCUT2D eigenvalue weighted by atomic mass is 9.97. The van der Waals surface area contributed by atoms with Crippen LogP contribution in [0.3, 0.4) is 0 Å². The average Bonchev–Trinajstić information content (AvgIpc) is 3.12. The minimum absolute atomic E-state index is 0.0716. The van der Waals surface area contributed by atoms with E-state index in [0.29, 0.717) is 21.4 Å². The van der Waals surface area contributed by atoms with Crippen molar-refractivity contribution in [1.29, 1.82) is 0 Å². The molecule has 0 aliphatic rings. The number of H-pyrrole nitrogens is 1. The van der Waals surface area contributed by atoms with E-state index in [9.17, 15) is 9.59 Å². The van der Waals surface area contributed by atoms with Gasteiger partial charge in [0.05, 0.1) is 12.7 Å². The molecule has 0 atom stereocenters. The second-order valence-corrected chi connectivity index (χ2v) is 8.35. The number of fused-ring (bicyclic) bond motifs is 1. The molecule has 0 aliphatic heterocycles. The first-order valence-electron chi connectivity index (χ1n) is 9.96. The summed E-state index contributed by atoms with van der Waals surface area (Å²) in [6, 6.07) is 14.6. The largest absolute Gasteiger partial charge is 0.367 e. The van der Waals surface area contributed by atoms with Crippen LogP contribution in [-0.4, -0.2) is 29.4 Å². The highest BCUT2D eigenvalue weighted by molar-refractivity contribution is 6.31. The van der Waals surface area contributed by atoms with E-state index in [0.717, 1.165) is 27.8 Å². The van der Waals surface area contributed by atoms with Crippen molar-refractivity contribution < 1.29 is 0 Å². The number of rotatable bonds is 4. The highest BCUT2D eigenvalue weighted by Gasteiger charge is 2.19. The number of hydrogen-bond donors (Lipinski definition) is 1. The van der Waals surface area contributed by atoms with Crippen LogP contribution >= 0.6 is 23.2 Å². The lowest BCUT2D eigenvalue weighted by molar-refractivity contribution is 0.632. The number of aromatic nitrogens is 6. The first-order chi connectivity index (χ1) is 15.9. The third kappa shape index (κ3) is 3.94. The van der Waals surface area contributed by atoms with Gasteiger partial charge in [0.25, 0.3) is 0 Å². The van der Waals surface area contributed by atoms with Crippen LogP contribution in [0.4, 0.5) is 0 Å². The van der Waals surface area contributed by atoms with E-state index in [1.165, 1.54) is 15.4 Å². The van der Waals surface area contributed by atoms with Crippen LogP contribution in [0.15, 0.2) is 70.5 Å². The van der Waals surface area contributed by atoms with Gasteiger partial charge in [0.1, 0.15) is 0 Å². The minimum atomic E-state index is -0.489. The van der Waals surface area contributed by atoms with Crippen LogP contribution in [-0.2, 0) is 6.54 Å². The number of halogens is 2. The van der Waals surface area contributed by atoms with Crippen LogP contribution in [0.1, 0.15) is 11.3 Å². The van der Waals surface area contributed by atoms with Gasteiger partial charge in [0.15, 0.2) is 5.65 Å². The standard InChI is InChI=1S/C23H16Cl2N6O2/c1-13-10-26-22(32)28-19(13)12-30-23(33)31-21(29-30)20(15-4-8-17(25)9-5-15)18(11-27-31)14-2-6-16(24)7-3-14/h2-11H,12H2,1H3,(H,26,28,32). The fourth-order valence-corrected chi connectivity index (χ4v) is 3.87. The van der Waals surface area contributed by atoms with E-state index in [1.54, 1.807) is 37.4 Å². The Labute approximate surface area is 197 Å². The van der Waals surface area contributed by atoms with Gasteiger partial charge in [-0.1, -0.05) is 47.5 Å². The van der Waals surface area contributed by atoms with Gasteiger partial charge in [-0.25, -0.2) is 19.3 Å². The average molecular weight is 479 g/mol. The van der Waals surface area contributed by atoms with Crippen molar-refractivity contribution in [1.82, 2.24) is 29.4 Å². The Bertz CT molecular complexity index is 1600. The van der Waals surface area contributed by atoms with Crippen molar-refractivity contribution in [3.05, 3.63) is 103 Å². The number of aromatic amines is 1. The molecule has 1 N–H and O–H groups in total. The Morgan fingerprint density at radius 2 is 1.55 bits per heavy atom. The van der Waals surface area contributed by atoms with E-state index in [1.807, 2.05) is 24.3 Å². The fourth-order valence-electron chi connectivity index (χ4n) is 3.62. The van der Waals surface area contributed by atoms with Crippen molar-refractivity contribution in [3.63, 3.8) is 0 Å². The summed E-state index contributed by atoms with van der Waals surface area (Å²) in [5.41, 5.74) is 3.95. The zero-order valence-corrected chi connectivity index (χ0v) is 18.8. The van der Waals surface area contributed by atoms with Gasteiger partial charge in [-0.3, -0.25) is 0 Å². The predicted molar refractivity (Wildman–Crippen MR) is 127 cm³/mol. The van der Waals surface area contributed by atoms with Gasteiger partial charge in [0, 0.05) is 33.1 Å². The smallest absolute Gasteiger partial charge is 0.308 e. The summed E-state index contributed by atoms with van der Waals surface area (Å²) in [6.45, 7) is 1.87. The second kappa shape index (κ2) is 8.31. The topological polar surface area (TPSA) is 97.9 Å². The molecule has 0 amide bonds. The second-order valence-electron chi connectivity index (χ2n) is 7.47. The molecule has 164 valence electrons. The molecule has 5 rings (SSSR count). The first kappa shape index (κ1) is 21.1. The molecule has 0 saturated heterocycles. The van der Waals surface area contributed by atoms with E-state index in [-0.39, 0.29) is 6.54 Å². The number of hydrogen-bond acceptors (Lipinski definition) is 5. The van der Waals surface area contributed by atoms with E-state index >= 15 is 0 Å². The molecule has 0 saturated carbocycles. The third-order valence-electron chi connectivity index (χ3n) is 5.32. The van der Waals surface area contributed by atoms with Crippen molar-refractivity contribution in [3.8, 4) is 22.3 Å². The SMILES string of the molecule is Cc1cnc(=O)[nH]c1Cn1nc2c(-c3ccc(Cl)cc3)c(-c3ccc(Cl)cc3)cnn2c1=O. The zero-order chi connectivity index (χ0) is 23.1. The Hall–Kier alpha value is -3.75. The summed E-state index contributed by atoms with van der Waals surface area (Å²) in [4.78, 5) is 31.2. The molecule has 33 heavy (non-hydrogen) atoms. The summed E-state index contributed by atoms with van der Waals surface area (Å²) in [5.74, 6) is 0. The minimum Gasteiger partial charge on any atom is -0.308 e. The molecule has 3 aromatic heterocycles. The maximum Gasteiger partial charge on any atom is 0.367 e. The van der Waals surface area contributed by atoms with Crippen LogP contribution in [0.2, 0.25) is 10.0 Å². The van der Waals surface area contributed by atoms with Crippen molar-refractivity contribution >= 4 is 28.8 Å². The summed E-state index contributed by atoms with van der Waals surface area (Å²) in [6.07, 6.45) is 3.10. The van der Waals surface area contributed by atoms with Crippen LogP contribution in [0.25, 0.3) is 27.9 Å². The molecule has 0 bridgehead atoms. The summed E-state index contributed by atoms with van der Waals surface area (Å²) in [7, 11) is 0. The molecule has 0 aliphatic carbocycles. The van der Waals surface area contributed by atoms with Crippen molar-refractivity contribution in [2.45, 2.75) is 13.5 Å². The summed E-state index contributed by atoms with van der Waals surface area (Å²) < 4.78 is 2.52. The summed E-state index contributed by atoms with van der Waals surface area (Å²) in [5, 5.41) is 10.2. The van der Waals surface area contributed by atoms with Gasteiger partial charge in [-0.15, -0.1) is 5.10 Å².